The van der Waals surface area contributed by atoms with Crippen LogP contribution in [0.15, 0.2) is 10.8 Å². The quantitative estimate of drug-likeness (QED) is 0.547. The maximum atomic E-state index is 9.94. The summed E-state index contributed by atoms with van der Waals surface area (Å²) in [6.07, 6.45) is 2.69. The lowest BCUT2D eigenvalue weighted by atomic mass is 10.2. The van der Waals surface area contributed by atoms with Crippen molar-refractivity contribution in [3.63, 3.8) is 0 Å². The van der Waals surface area contributed by atoms with E-state index in [4.69, 9.17) is 0 Å². The van der Waals surface area contributed by atoms with Crippen LogP contribution in [0.5, 0.6) is 0 Å². The van der Waals surface area contributed by atoms with Crippen LogP contribution in [0.3, 0.4) is 0 Å². The predicted octanol–water partition coefficient (Wildman–Crippen LogP) is 0.724. The molecule has 0 radical (unpaired) electrons. The number of hydrogen-bond donors (Lipinski definition) is 0. The molecule has 0 aromatic carbocycles. The van der Waals surface area contributed by atoms with Gasteiger partial charge in [-0.1, -0.05) is 5.16 Å². The summed E-state index contributed by atoms with van der Waals surface area (Å²) in [7, 11) is 0. The van der Waals surface area contributed by atoms with Gasteiger partial charge in [-0.3, -0.25) is 0 Å². The van der Waals surface area contributed by atoms with Crippen LogP contribution in [0.4, 0.5) is 0 Å². The Hall–Kier alpha value is -1.12. The fourth-order valence-corrected chi connectivity index (χ4v) is 0.586. The van der Waals surface area contributed by atoms with Gasteiger partial charge in [-0.2, -0.15) is 0 Å². The SMILES string of the molecule is Cc1conc1CC=O. The van der Waals surface area contributed by atoms with Gasteiger partial charge in [0.05, 0.1) is 5.69 Å². The van der Waals surface area contributed by atoms with E-state index in [-0.39, 0.29) is 0 Å². The lowest BCUT2D eigenvalue weighted by Gasteiger charge is -1.82. The van der Waals surface area contributed by atoms with Gasteiger partial charge in [-0.15, -0.1) is 0 Å². The molecule has 0 amide bonds. The Morgan fingerprint density at radius 3 is 3.11 bits per heavy atom. The van der Waals surface area contributed by atoms with Gasteiger partial charge >= 0.3 is 0 Å². The highest BCUT2D eigenvalue weighted by Gasteiger charge is 1.99. The molecule has 48 valence electrons. The van der Waals surface area contributed by atoms with Gasteiger partial charge in [-0.05, 0) is 6.92 Å². The molecule has 0 saturated heterocycles. The molecule has 0 atom stereocenters. The number of carbonyl (C=O) groups is 1. The summed E-state index contributed by atoms with van der Waals surface area (Å²) < 4.78 is 4.59. The highest BCUT2D eigenvalue weighted by molar-refractivity contribution is 5.54. The van der Waals surface area contributed by atoms with Crippen molar-refractivity contribution < 1.29 is 9.32 Å². The van der Waals surface area contributed by atoms with Gasteiger partial charge in [0.2, 0.25) is 0 Å². The first kappa shape index (κ1) is 6.01. The van der Waals surface area contributed by atoms with E-state index in [1.807, 2.05) is 6.92 Å². The zero-order chi connectivity index (χ0) is 6.69. The van der Waals surface area contributed by atoms with Gasteiger partial charge in [-0.25, -0.2) is 0 Å². The summed E-state index contributed by atoms with van der Waals surface area (Å²) in [5.74, 6) is 0. The predicted molar refractivity (Wildman–Crippen MR) is 31.0 cm³/mol. The number of hydrogen-bond acceptors (Lipinski definition) is 3. The Kier molecular flexibility index (Phi) is 1.63. The molecule has 0 aliphatic carbocycles. The Bertz CT molecular complexity index is 205. The van der Waals surface area contributed by atoms with E-state index in [2.05, 4.69) is 9.68 Å². The average molecular weight is 125 g/mol. The monoisotopic (exact) mass is 125 g/mol. The van der Waals surface area contributed by atoms with Crippen LogP contribution in [0, 0.1) is 6.92 Å². The molecule has 1 rings (SSSR count). The average Bonchev–Trinajstić information content (AvgIpc) is 2.18. The zero-order valence-electron chi connectivity index (χ0n) is 5.13. The molecule has 3 heteroatoms. The maximum absolute atomic E-state index is 9.94. The van der Waals surface area contributed by atoms with Crippen molar-refractivity contribution in [2.75, 3.05) is 0 Å². The van der Waals surface area contributed by atoms with Crippen molar-refractivity contribution in [2.45, 2.75) is 13.3 Å². The first-order chi connectivity index (χ1) is 4.34. The third-order valence-corrected chi connectivity index (χ3v) is 1.12. The Balaban J connectivity index is 2.80. The van der Waals surface area contributed by atoms with Crippen molar-refractivity contribution in [3.05, 3.63) is 17.5 Å². The summed E-state index contributed by atoms with van der Waals surface area (Å²) >= 11 is 0. The summed E-state index contributed by atoms with van der Waals surface area (Å²) in [5, 5.41) is 3.60. The number of rotatable bonds is 2. The third kappa shape index (κ3) is 1.16. The van der Waals surface area contributed by atoms with Crippen LogP contribution in [0.2, 0.25) is 0 Å². The van der Waals surface area contributed by atoms with Crippen molar-refractivity contribution in [3.8, 4) is 0 Å². The summed E-state index contributed by atoms with van der Waals surface area (Å²) in [5.41, 5.74) is 1.66. The smallest absolute Gasteiger partial charge is 0.127 e. The maximum Gasteiger partial charge on any atom is 0.127 e. The molecule has 0 aliphatic rings. The van der Waals surface area contributed by atoms with E-state index in [0.717, 1.165) is 17.5 Å². The number of aldehydes is 1. The lowest BCUT2D eigenvalue weighted by molar-refractivity contribution is -0.107. The summed E-state index contributed by atoms with van der Waals surface area (Å²) in [6.45, 7) is 1.86. The highest BCUT2D eigenvalue weighted by atomic mass is 16.5. The zero-order valence-corrected chi connectivity index (χ0v) is 5.13. The molecule has 0 saturated carbocycles. The second-order valence-electron chi connectivity index (χ2n) is 1.82. The van der Waals surface area contributed by atoms with E-state index >= 15 is 0 Å². The van der Waals surface area contributed by atoms with Crippen LogP contribution in [0.25, 0.3) is 0 Å². The Morgan fingerprint density at radius 2 is 2.67 bits per heavy atom. The Labute approximate surface area is 52.7 Å². The molecule has 1 aromatic heterocycles. The molecule has 1 aromatic rings. The van der Waals surface area contributed by atoms with E-state index in [9.17, 15) is 4.79 Å². The molecule has 3 nitrogen and oxygen atoms in total. The molecular formula is C6H7NO2. The number of nitrogens with zero attached hydrogens (tertiary/aromatic N) is 1. The fourth-order valence-electron chi connectivity index (χ4n) is 0.586. The molecular weight excluding hydrogens is 118 g/mol. The number of carbonyl (C=O) groups excluding carboxylic acids is 1. The van der Waals surface area contributed by atoms with Crippen molar-refractivity contribution >= 4 is 6.29 Å². The van der Waals surface area contributed by atoms with Gasteiger partial charge < -0.3 is 9.32 Å². The number of aryl methyl sites for hydroxylation is 1. The van der Waals surface area contributed by atoms with Gasteiger partial charge in [0.25, 0.3) is 0 Å². The molecule has 0 unspecified atom stereocenters. The fraction of sp³-hybridized carbons (Fsp3) is 0.333. The van der Waals surface area contributed by atoms with E-state index in [0.29, 0.717) is 6.42 Å². The number of aromatic nitrogens is 1. The summed E-state index contributed by atoms with van der Waals surface area (Å²) in [4.78, 5) is 9.94. The van der Waals surface area contributed by atoms with Gasteiger partial charge in [0, 0.05) is 12.0 Å². The van der Waals surface area contributed by atoms with Crippen LogP contribution >= 0.6 is 0 Å². The molecule has 9 heavy (non-hydrogen) atoms. The molecule has 0 spiro atoms. The normalized spacial score (nSPS) is 9.44. The molecule has 0 fully saturated rings. The molecule has 0 bridgehead atoms. The van der Waals surface area contributed by atoms with Crippen molar-refractivity contribution in [2.24, 2.45) is 0 Å². The minimum atomic E-state index is 0.350. The summed E-state index contributed by atoms with van der Waals surface area (Å²) in [6, 6.07) is 0. The van der Waals surface area contributed by atoms with Crippen LogP contribution in [0.1, 0.15) is 11.3 Å². The second kappa shape index (κ2) is 2.44. The highest BCUT2D eigenvalue weighted by Crippen LogP contribution is 2.02. The second-order valence-corrected chi connectivity index (χ2v) is 1.82. The van der Waals surface area contributed by atoms with Crippen molar-refractivity contribution in [1.82, 2.24) is 5.16 Å². The lowest BCUT2D eigenvalue weighted by Crippen LogP contribution is -1.86. The topological polar surface area (TPSA) is 43.1 Å². The Morgan fingerprint density at radius 1 is 1.89 bits per heavy atom. The van der Waals surface area contributed by atoms with E-state index in [1.54, 1.807) is 0 Å². The first-order valence-corrected chi connectivity index (χ1v) is 2.68. The van der Waals surface area contributed by atoms with Crippen LogP contribution < -0.4 is 0 Å². The largest absolute Gasteiger partial charge is 0.364 e. The van der Waals surface area contributed by atoms with Crippen LogP contribution in [-0.2, 0) is 11.2 Å². The first-order valence-electron chi connectivity index (χ1n) is 2.68. The molecule has 0 N–H and O–H groups in total. The van der Waals surface area contributed by atoms with Gasteiger partial charge in [0.15, 0.2) is 0 Å². The molecule has 0 aliphatic heterocycles. The van der Waals surface area contributed by atoms with E-state index in [1.165, 1.54) is 6.26 Å². The molecule has 1 heterocycles. The van der Waals surface area contributed by atoms with Crippen molar-refractivity contribution in [1.29, 1.82) is 0 Å². The third-order valence-electron chi connectivity index (χ3n) is 1.12. The minimum Gasteiger partial charge on any atom is -0.364 e. The van der Waals surface area contributed by atoms with E-state index < -0.39 is 0 Å². The van der Waals surface area contributed by atoms with Gasteiger partial charge in [0.1, 0.15) is 12.5 Å². The minimum absolute atomic E-state index is 0.350. The van der Waals surface area contributed by atoms with Crippen LogP contribution in [-0.4, -0.2) is 11.4 Å². The standard InChI is InChI=1S/C6H7NO2/c1-5-4-9-7-6(5)2-3-8/h3-4H,2H2,1H3.